The van der Waals surface area contributed by atoms with Crippen LogP contribution in [-0.2, 0) is 24.8 Å². The highest BCUT2D eigenvalue weighted by Gasteiger charge is 2.45. The van der Waals surface area contributed by atoms with Gasteiger partial charge in [-0.2, -0.15) is 9.40 Å². The Morgan fingerprint density at radius 1 is 1.12 bits per heavy atom. The van der Waals surface area contributed by atoms with Crippen molar-refractivity contribution in [3.05, 3.63) is 66.5 Å². The van der Waals surface area contributed by atoms with Crippen molar-refractivity contribution in [1.82, 2.24) is 24.1 Å². The van der Waals surface area contributed by atoms with Crippen LogP contribution in [0.1, 0.15) is 25.0 Å². The topological polar surface area (TPSA) is 152 Å². The molecule has 14 heteroatoms. The highest BCUT2D eigenvalue weighted by Crippen LogP contribution is 2.37. The first-order valence-electron chi connectivity index (χ1n) is 13.8. The van der Waals surface area contributed by atoms with Crippen molar-refractivity contribution >= 4 is 20.0 Å². The Kier molecular flexibility index (Phi) is 9.04. The summed E-state index contributed by atoms with van der Waals surface area (Å²) in [6.45, 7) is 3.19. The minimum absolute atomic E-state index is 0.0120. The lowest BCUT2D eigenvalue weighted by Gasteiger charge is -2.38. The molecule has 1 spiro atoms. The monoisotopic (exact) mass is 619 g/mol. The lowest BCUT2D eigenvalue weighted by molar-refractivity contribution is -0.0312. The lowest BCUT2D eigenvalue weighted by atomic mass is 9.88. The number of piperidine rings is 1. The standard InChI is InChI=1S/C28H37N5O7S2/c1-21-27(18-31-33(21)23-7-4-3-5-8-23)42(37,38)32-13-11-28(12-14-32)16-22(19-40-28)30-17-24(34)20-39-25-9-6-10-26(15-25)41(35,36)29-2/h3-10,15,18,22,24,29-30,34H,11-14,16-17,19-20H2,1-2H3. The van der Waals surface area contributed by atoms with Gasteiger partial charge in [0.05, 0.1) is 34.7 Å². The van der Waals surface area contributed by atoms with Crippen LogP contribution in [0.4, 0.5) is 0 Å². The third-order valence-corrected chi connectivity index (χ3v) is 11.3. The number of ether oxygens (including phenoxy) is 2. The van der Waals surface area contributed by atoms with Crippen LogP contribution >= 0.6 is 0 Å². The molecule has 0 saturated carbocycles. The Morgan fingerprint density at radius 2 is 1.86 bits per heavy atom. The van der Waals surface area contributed by atoms with Crippen molar-refractivity contribution < 1.29 is 31.4 Å². The average Bonchev–Trinajstić information content (AvgIpc) is 3.59. The van der Waals surface area contributed by atoms with Gasteiger partial charge in [0, 0.05) is 31.7 Å². The van der Waals surface area contributed by atoms with E-state index >= 15 is 0 Å². The van der Waals surface area contributed by atoms with Crippen LogP contribution in [0.2, 0.25) is 0 Å². The van der Waals surface area contributed by atoms with Crippen molar-refractivity contribution in [2.45, 2.75) is 53.7 Å². The van der Waals surface area contributed by atoms with Crippen molar-refractivity contribution in [3.63, 3.8) is 0 Å². The fraction of sp³-hybridized carbons (Fsp3) is 0.464. The fourth-order valence-corrected chi connectivity index (χ4v) is 7.82. The highest BCUT2D eigenvalue weighted by atomic mass is 32.2. The number of para-hydroxylation sites is 1. The minimum atomic E-state index is -3.71. The van der Waals surface area contributed by atoms with Gasteiger partial charge in [-0.3, -0.25) is 0 Å². The summed E-state index contributed by atoms with van der Waals surface area (Å²) in [4.78, 5) is 0.292. The number of hydrogen-bond donors (Lipinski definition) is 3. The first-order chi connectivity index (χ1) is 20.0. The Hall–Kier alpha value is -2.85. The van der Waals surface area contributed by atoms with Crippen LogP contribution < -0.4 is 14.8 Å². The minimum Gasteiger partial charge on any atom is -0.491 e. The summed E-state index contributed by atoms with van der Waals surface area (Å²) in [5.74, 6) is 0.345. The molecule has 2 aromatic carbocycles. The predicted octanol–water partition coefficient (Wildman–Crippen LogP) is 1.43. The summed E-state index contributed by atoms with van der Waals surface area (Å²) < 4.78 is 68.2. The van der Waals surface area contributed by atoms with Crippen molar-refractivity contribution in [1.29, 1.82) is 0 Å². The number of hydrogen-bond acceptors (Lipinski definition) is 9. The number of aromatic nitrogens is 2. The van der Waals surface area contributed by atoms with Gasteiger partial charge in [-0.25, -0.2) is 26.2 Å². The van der Waals surface area contributed by atoms with Crippen LogP contribution in [0.3, 0.4) is 0 Å². The first kappa shape index (κ1) is 30.6. The molecule has 2 fully saturated rings. The maximum Gasteiger partial charge on any atom is 0.246 e. The van der Waals surface area contributed by atoms with Gasteiger partial charge < -0.3 is 19.9 Å². The largest absolute Gasteiger partial charge is 0.491 e. The average molecular weight is 620 g/mol. The van der Waals surface area contributed by atoms with Gasteiger partial charge >= 0.3 is 0 Å². The molecule has 0 amide bonds. The van der Waals surface area contributed by atoms with E-state index < -0.39 is 31.8 Å². The molecule has 0 aliphatic carbocycles. The molecule has 0 radical (unpaired) electrons. The van der Waals surface area contributed by atoms with Gasteiger partial charge in [-0.1, -0.05) is 24.3 Å². The quantitative estimate of drug-likeness (QED) is 0.289. The van der Waals surface area contributed by atoms with Gasteiger partial charge in [-0.05, 0) is 57.5 Å². The number of rotatable bonds is 11. The van der Waals surface area contributed by atoms with Crippen LogP contribution in [0.5, 0.6) is 5.75 Å². The second kappa shape index (κ2) is 12.4. The molecule has 2 saturated heterocycles. The van der Waals surface area contributed by atoms with Crippen LogP contribution in [0.15, 0.2) is 70.6 Å². The van der Waals surface area contributed by atoms with Crippen LogP contribution in [0, 0.1) is 6.92 Å². The van der Waals surface area contributed by atoms with E-state index in [4.69, 9.17) is 9.47 Å². The Bertz CT molecular complexity index is 1590. The van der Waals surface area contributed by atoms with E-state index in [9.17, 15) is 21.9 Å². The van der Waals surface area contributed by atoms with E-state index in [-0.39, 0.29) is 29.0 Å². The predicted molar refractivity (Wildman–Crippen MR) is 156 cm³/mol. The number of nitrogens with zero attached hydrogens (tertiary/aromatic N) is 3. The lowest BCUT2D eigenvalue weighted by Crippen LogP contribution is -2.47. The van der Waals surface area contributed by atoms with Gasteiger partial charge in [0.2, 0.25) is 20.0 Å². The molecule has 5 rings (SSSR count). The zero-order valence-electron chi connectivity index (χ0n) is 23.6. The van der Waals surface area contributed by atoms with Gasteiger partial charge in [0.15, 0.2) is 0 Å². The molecule has 2 aliphatic heterocycles. The smallest absolute Gasteiger partial charge is 0.246 e. The molecule has 1 aromatic heterocycles. The van der Waals surface area contributed by atoms with E-state index in [0.717, 1.165) is 5.69 Å². The summed E-state index contributed by atoms with van der Waals surface area (Å²) in [5, 5.41) is 18.1. The first-order valence-corrected chi connectivity index (χ1v) is 16.8. The molecule has 42 heavy (non-hydrogen) atoms. The molecular formula is C28H37N5O7S2. The third-order valence-electron chi connectivity index (χ3n) is 7.90. The maximum atomic E-state index is 13.5. The van der Waals surface area contributed by atoms with Crippen molar-refractivity contribution in [3.8, 4) is 11.4 Å². The number of benzene rings is 2. The zero-order chi connectivity index (χ0) is 30.0. The molecule has 3 aromatic rings. The molecule has 228 valence electrons. The van der Waals surface area contributed by atoms with Crippen molar-refractivity contribution in [2.75, 3.05) is 39.9 Å². The van der Waals surface area contributed by atoms with Crippen LogP contribution in [0.25, 0.3) is 5.69 Å². The normalized spacial score (nSPS) is 20.1. The third kappa shape index (κ3) is 6.54. The molecule has 0 bridgehead atoms. The van der Waals surface area contributed by atoms with E-state index in [1.807, 2.05) is 30.3 Å². The SMILES string of the molecule is CNS(=O)(=O)c1cccc(OCC(O)CNC2COC3(CCN(S(=O)(=O)c4cnn(-c5ccccc5)c4C)CC3)C2)c1. The van der Waals surface area contributed by atoms with Gasteiger partial charge in [0.25, 0.3) is 0 Å². The Morgan fingerprint density at radius 3 is 2.57 bits per heavy atom. The molecule has 3 N–H and O–H groups in total. The number of sulfonamides is 2. The number of aliphatic hydroxyl groups is 1. The van der Waals surface area contributed by atoms with E-state index in [2.05, 4.69) is 15.1 Å². The van der Waals surface area contributed by atoms with Gasteiger partial charge in [-0.15, -0.1) is 0 Å². The Balaban J connectivity index is 1.10. The number of aliphatic hydroxyl groups excluding tert-OH is 1. The van der Waals surface area contributed by atoms with Crippen molar-refractivity contribution in [2.24, 2.45) is 0 Å². The summed E-state index contributed by atoms with van der Waals surface area (Å²) >= 11 is 0. The van der Waals surface area contributed by atoms with E-state index in [1.54, 1.807) is 23.7 Å². The molecular weight excluding hydrogens is 582 g/mol. The second-order valence-electron chi connectivity index (χ2n) is 10.7. The van der Waals surface area contributed by atoms with Crippen LogP contribution in [-0.4, -0.2) is 93.7 Å². The summed E-state index contributed by atoms with van der Waals surface area (Å²) in [5.41, 5.74) is 0.965. The molecule has 2 aliphatic rings. The maximum absolute atomic E-state index is 13.5. The Labute approximate surface area is 246 Å². The second-order valence-corrected chi connectivity index (χ2v) is 14.5. The van der Waals surface area contributed by atoms with E-state index in [1.165, 1.54) is 29.7 Å². The summed E-state index contributed by atoms with van der Waals surface area (Å²) in [6.07, 6.45) is 2.47. The fourth-order valence-electron chi connectivity index (χ4n) is 5.48. The van der Waals surface area contributed by atoms with E-state index in [0.29, 0.717) is 50.4 Å². The molecule has 3 heterocycles. The molecule has 2 atom stereocenters. The summed E-state index contributed by atoms with van der Waals surface area (Å²) in [7, 11) is -5.96. The number of nitrogens with one attached hydrogen (secondary N) is 2. The molecule has 12 nitrogen and oxygen atoms in total. The zero-order valence-corrected chi connectivity index (χ0v) is 25.3. The van der Waals surface area contributed by atoms with Gasteiger partial charge in [0.1, 0.15) is 23.4 Å². The summed E-state index contributed by atoms with van der Waals surface area (Å²) in [6, 6.07) is 15.5. The highest BCUT2D eigenvalue weighted by molar-refractivity contribution is 7.89. The molecule has 2 unspecified atom stereocenters.